The lowest BCUT2D eigenvalue weighted by molar-refractivity contribution is 0.0773. The van der Waals surface area contributed by atoms with Gasteiger partial charge in [-0.05, 0) is 62.7 Å². The summed E-state index contributed by atoms with van der Waals surface area (Å²) in [6.45, 7) is 7.09. The number of nitrogens with zero attached hydrogens (tertiary/aromatic N) is 1. The van der Waals surface area contributed by atoms with Gasteiger partial charge in [-0.1, -0.05) is 22.0 Å². The van der Waals surface area contributed by atoms with Crippen LogP contribution in [0.3, 0.4) is 0 Å². The molecule has 2 aromatic carbocycles. The molecule has 0 radical (unpaired) electrons. The number of nitrogens with one attached hydrogen (secondary N) is 1. The third-order valence-corrected chi connectivity index (χ3v) is 4.35. The molecular formula is C19H21BrN2O2. The number of halogens is 1. The molecule has 1 N–H and O–H groups in total. The Balaban J connectivity index is 2.21. The fourth-order valence-corrected chi connectivity index (χ4v) is 2.92. The van der Waals surface area contributed by atoms with Crippen LogP contribution >= 0.6 is 15.9 Å². The van der Waals surface area contributed by atoms with Gasteiger partial charge in [-0.2, -0.15) is 0 Å². The lowest BCUT2D eigenvalue weighted by Gasteiger charge is -2.18. The van der Waals surface area contributed by atoms with Crippen LogP contribution in [0.1, 0.15) is 40.1 Å². The molecular weight excluding hydrogens is 368 g/mol. The molecule has 0 spiro atoms. The highest BCUT2D eigenvalue weighted by Crippen LogP contribution is 2.21. The zero-order valence-electron chi connectivity index (χ0n) is 14.1. The number of amides is 2. The first-order valence-electron chi connectivity index (χ1n) is 7.93. The topological polar surface area (TPSA) is 49.4 Å². The van der Waals surface area contributed by atoms with E-state index in [0.29, 0.717) is 24.2 Å². The summed E-state index contributed by atoms with van der Waals surface area (Å²) in [6.07, 6.45) is 0. The fraction of sp³-hybridized carbons (Fsp3) is 0.263. The molecule has 126 valence electrons. The van der Waals surface area contributed by atoms with Crippen LogP contribution in [-0.4, -0.2) is 29.8 Å². The highest BCUT2D eigenvalue weighted by atomic mass is 79.9. The van der Waals surface area contributed by atoms with Gasteiger partial charge in [0.1, 0.15) is 0 Å². The van der Waals surface area contributed by atoms with Gasteiger partial charge in [-0.3, -0.25) is 9.59 Å². The SMILES string of the molecule is CCN(CC)C(=O)c1cccc(C(=O)Nc2ccc(Br)cc2C)c1. The summed E-state index contributed by atoms with van der Waals surface area (Å²) in [5.41, 5.74) is 2.71. The van der Waals surface area contributed by atoms with E-state index >= 15 is 0 Å². The molecule has 2 amide bonds. The summed E-state index contributed by atoms with van der Waals surface area (Å²) in [5, 5.41) is 2.89. The van der Waals surface area contributed by atoms with E-state index in [2.05, 4.69) is 21.2 Å². The average Bonchev–Trinajstić information content (AvgIpc) is 2.58. The monoisotopic (exact) mass is 388 g/mol. The first-order valence-corrected chi connectivity index (χ1v) is 8.72. The van der Waals surface area contributed by atoms with Crippen molar-refractivity contribution in [3.05, 3.63) is 63.6 Å². The first kappa shape index (κ1) is 18.2. The lowest BCUT2D eigenvalue weighted by atomic mass is 10.1. The van der Waals surface area contributed by atoms with E-state index in [1.165, 1.54) is 0 Å². The lowest BCUT2D eigenvalue weighted by Crippen LogP contribution is -2.30. The van der Waals surface area contributed by atoms with Gasteiger partial charge in [0, 0.05) is 34.4 Å². The zero-order valence-corrected chi connectivity index (χ0v) is 15.7. The number of aryl methyl sites for hydroxylation is 1. The Bertz CT molecular complexity index is 755. The maximum Gasteiger partial charge on any atom is 0.255 e. The standard InChI is InChI=1S/C19H21BrN2O2/c1-4-22(5-2)19(24)15-8-6-7-14(12-15)18(23)21-17-10-9-16(20)11-13(17)3/h6-12H,4-5H2,1-3H3,(H,21,23). The van der Waals surface area contributed by atoms with E-state index in [1.54, 1.807) is 29.2 Å². The minimum absolute atomic E-state index is 0.0607. The molecule has 0 bridgehead atoms. The second-order valence-electron chi connectivity index (χ2n) is 5.47. The number of benzene rings is 2. The van der Waals surface area contributed by atoms with Crippen LogP contribution in [0.4, 0.5) is 5.69 Å². The summed E-state index contributed by atoms with van der Waals surface area (Å²) in [4.78, 5) is 26.6. The molecule has 2 aromatic rings. The van der Waals surface area contributed by atoms with E-state index in [4.69, 9.17) is 0 Å². The predicted molar refractivity (Wildman–Crippen MR) is 101 cm³/mol. The maximum atomic E-state index is 12.5. The predicted octanol–water partition coefficient (Wildman–Crippen LogP) is 4.49. The molecule has 2 rings (SSSR count). The number of hydrogen-bond acceptors (Lipinski definition) is 2. The number of hydrogen-bond donors (Lipinski definition) is 1. The van der Waals surface area contributed by atoms with Gasteiger partial charge in [0.25, 0.3) is 11.8 Å². The van der Waals surface area contributed by atoms with Crippen LogP contribution in [0.5, 0.6) is 0 Å². The molecule has 0 aliphatic carbocycles. The van der Waals surface area contributed by atoms with Gasteiger partial charge in [-0.15, -0.1) is 0 Å². The molecule has 0 saturated carbocycles. The molecule has 0 heterocycles. The molecule has 0 aromatic heterocycles. The van der Waals surface area contributed by atoms with Gasteiger partial charge >= 0.3 is 0 Å². The van der Waals surface area contributed by atoms with Crippen molar-refractivity contribution >= 4 is 33.4 Å². The van der Waals surface area contributed by atoms with Crippen molar-refractivity contribution in [2.45, 2.75) is 20.8 Å². The summed E-state index contributed by atoms with van der Waals surface area (Å²) >= 11 is 3.41. The Labute approximate surface area is 151 Å². The summed E-state index contributed by atoms with van der Waals surface area (Å²) in [7, 11) is 0. The Morgan fingerprint density at radius 1 is 1.04 bits per heavy atom. The van der Waals surface area contributed by atoms with Crippen LogP contribution in [0.2, 0.25) is 0 Å². The van der Waals surface area contributed by atoms with Gasteiger partial charge in [0.05, 0.1) is 0 Å². The second-order valence-corrected chi connectivity index (χ2v) is 6.39. The number of carbonyl (C=O) groups excluding carboxylic acids is 2. The fourth-order valence-electron chi connectivity index (χ4n) is 2.45. The third kappa shape index (κ3) is 4.23. The van der Waals surface area contributed by atoms with Crippen molar-refractivity contribution in [2.75, 3.05) is 18.4 Å². The first-order chi connectivity index (χ1) is 11.5. The van der Waals surface area contributed by atoms with Crippen LogP contribution in [-0.2, 0) is 0 Å². The highest BCUT2D eigenvalue weighted by Gasteiger charge is 2.15. The Hall–Kier alpha value is -2.14. The molecule has 0 fully saturated rings. The molecule has 4 nitrogen and oxygen atoms in total. The van der Waals surface area contributed by atoms with Crippen molar-refractivity contribution in [1.29, 1.82) is 0 Å². The van der Waals surface area contributed by atoms with Gasteiger partial charge in [0.15, 0.2) is 0 Å². The maximum absolute atomic E-state index is 12.5. The van der Waals surface area contributed by atoms with E-state index in [9.17, 15) is 9.59 Å². The molecule has 5 heteroatoms. The highest BCUT2D eigenvalue weighted by molar-refractivity contribution is 9.10. The molecule has 24 heavy (non-hydrogen) atoms. The Morgan fingerprint density at radius 3 is 2.33 bits per heavy atom. The summed E-state index contributed by atoms with van der Waals surface area (Å²) < 4.78 is 0.963. The average molecular weight is 389 g/mol. The van der Waals surface area contributed by atoms with E-state index in [-0.39, 0.29) is 11.8 Å². The smallest absolute Gasteiger partial charge is 0.255 e. The molecule has 0 atom stereocenters. The van der Waals surface area contributed by atoms with Gasteiger partial charge in [-0.25, -0.2) is 0 Å². The second kappa shape index (κ2) is 8.11. The van der Waals surface area contributed by atoms with Crippen molar-refractivity contribution < 1.29 is 9.59 Å². The molecule has 0 saturated heterocycles. The quantitative estimate of drug-likeness (QED) is 0.819. The minimum Gasteiger partial charge on any atom is -0.339 e. The Kier molecular flexibility index (Phi) is 6.15. The van der Waals surface area contributed by atoms with Crippen molar-refractivity contribution in [1.82, 2.24) is 4.90 Å². The number of anilines is 1. The number of carbonyl (C=O) groups is 2. The molecule has 0 aliphatic rings. The van der Waals surface area contributed by atoms with E-state index < -0.39 is 0 Å². The van der Waals surface area contributed by atoms with Crippen LogP contribution < -0.4 is 5.32 Å². The third-order valence-electron chi connectivity index (χ3n) is 3.86. The van der Waals surface area contributed by atoms with Crippen LogP contribution in [0.25, 0.3) is 0 Å². The van der Waals surface area contributed by atoms with Crippen molar-refractivity contribution in [3.8, 4) is 0 Å². The summed E-state index contributed by atoms with van der Waals surface area (Å²) in [5.74, 6) is -0.288. The van der Waals surface area contributed by atoms with E-state index in [0.717, 1.165) is 15.7 Å². The van der Waals surface area contributed by atoms with Gasteiger partial charge in [0.2, 0.25) is 0 Å². The van der Waals surface area contributed by atoms with Crippen LogP contribution in [0, 0.1) is 6.92 Å². The molecule has 0 unspecified atom stereocenters. The van der Waals surface area contributed by atoms with Gasteiger partial charge < -0.3 is 10.2 Å². The number of rotatable bonds is 5. The van der Waals surface area contributed by atoms with Crippen molar-refractivity contribution in [3.63, 3.8) is 0 Å². The van der Waals surface area contributed by atoms with Crippen molar-refractivity contribution in [2.24, 2.45) is 0 Å². The largest absolute Gasteiger partial charge is 0.339 e. The molecule has 0 aliphatic heterocycles. The zero-order chi connectivity index (χ0) is 17.7. The normalized spacial score (nSPS) is 10.3. The minimum atomic E-state index is -0.227. The van der Waals surface area contributed by atoms with E-state index in [1.807, 2.05) is 39.0 Å². The van der Waals surface area contributed by atoms with Crippen LogP contribution in [0.15, 0.2) is 46.9 Å². The summed E-state index contributed by atoms with van der Waals surface area (Å²) in [6, 6.07) is 12.5. The Morgan fingerprint density at radius 2 is 1.71 bits per heavy atom.